The van der Waals surface area contributed by atoms with E-state index in [-0.39, 0.29) is 11.9 Å². The first-order valence-electron chi connectivity index (χ1n) is 7.95. The van der Waals surface area contributed by atoms with E-state index in [0.717, 1.165) is 12.0 Å². The van der Waals surface area contributed by atoms with Gasteiger partial charge in [-0.25, -0.2) is 4.98 Å². The number of benzene rings is 1. The standard InChI is InChI=1S/C18H23N3O/c1-18(9-10-18)8-7-17(22)20-16(13-21-12-11-19-14-21)15-5-3-2-4-6-15/h2-6,11-12,14,16H,7-10,13H2,1H3,(H,20,22)/t16-/m1/s1. The maximum absolute atomic E-state index is 12.3. The molecular formula is C18H23N3O. The molecule has 1 N–H and O–H groups in total. The van der Waals surface area contributed by atoms with Crippen molar-refractivity contribution in [3.05, 3.63) is 54.6 Å². The zero-order valence-electron chi connectivity index (χ0n) is 13.0. The van der Waals surface area contributed by atoms with Crippen molar-refractivity contribution in [1.82, 2.24) is 14.9 Å². The highest BCUT2D eigenvalue weighted by Crippen LogP contribution is 2.48. The Morgan fingerprint density at radius 1 is 1.36 bits per heavy atom. The summed E-state index contributed by atoms with van der Waals surface area (Å²) in [6, 6.07) is 10.1. The molecule has 2 aromatic rings. The number of nitrogens with one attached hydrogen (secondary N) is 1. The molecule has 0 unspecified atom stereocenters. The maximum Gasteiger partial charge on any atom is 0.220 e. The van der Waals surface area contributed by atoms with Gasteiger partial charge in [-0.15, -0.1) is 0 Å². The number of imidazole rings is 1. The zero-order chi connectivity index (χ0) is 15.4. The van der Waals surface area contributed by atoms with Crippen LogP contribution in [-0.2, 0) is 11.3 Å². The van der Waals surface area contributed by atoms with Crippen molar-refractivity contribution < 1.29 is 4.79 Å². The highest BCUT2D eigenvalue weighted by molar-refractivity contribution is 5.76. The molecule has 1 saturated carbocycles. The average Bonchev–Trinajstić information content (AvgIpc) is 3.05. The van der Waals surface area contributed by atoms with Gasteiger partial charge in [0.2, 0.25) is 5.91 Å². The van der Waals surface area contributed by atoms with Gasteiger partial charge in [0.15, 0.2) is 0 Å². The highest BCUT2D eigenvalue weighted by atomic mass is 16.1. The zero-order valence-corrected chi connectivity index (χ0v) is 13.0. The quantitative estimate of drug-likeness (QED) is 0.852. The summed E-state index contributed by atoms with van der Waals surface area (Å²) in [5.41, 5.74) is 1.55. The van der Waals surface area contributed by atoms with Gasteiger partial charge in [0, 0.05) is 25.4 Å². The van der Waals surface area contributed by atoms with Gasteiger partial charge in [0.05, 0.1) is 12.4 Å². The van der Waals surface area contributed by atoms with Gasteiger partial charge in [-0.05, 0) is 30.2 Å². The third-order valence-electron chi connectivity index (χ3n) is 4.55. The Morgan fingerprint density at radius 2 is 2.14 bits per heavy atom. The Labute approximate surface area is 131 Å². The van der Waals surface area contributed by atoms with Gasteiger partial charge in [-0.1, -0.05) is 37.3 Å². The van der Waals surface area contributed by atoms with Crippen molar-refractivity contribution in [2.24, 2.45) is 5.41 Å². The molecule has 4 nitrogen and oxygen atoms in total. The lowest BCUT2D eigenvalue weighted by molar-refractivity contribution is -0.122. The number of aromatic nitrogens is 2. The normalized spacial score (nSPS) is 17.0. The van der Waals surface area contributed by atoms with E-state index in [1.165, 1.54) is 12.8 Å². The number of nitrogens with zero attached hydrogens (tertiary/aromatic N) is 2. The lowest BCUT2D eigenvalue weighted by atomic mass is 10.0. The molecule has 1 fully saturated rings. The summed E-state index contributed by atoms with van der Waals surface area (Å²) in [6.45, 7) is 2.97. The molecule has 0 spiro atoms. The second-order valence-corrected chi connectivity index (χ2v) is 6.60. The first-order valence-corrected chi connectivity index (χ1v) is 7.95. The number of rotatable bonds is 7. The van der Waals surface area contributed by atoms with Gasteiger partial charge < -0.3 is 9.88 Å². The Kier molecular flexibility index (Phi) is 4.27. The molecule has 1 aliphatic carbocycles. The van der Waals surface area contributed by atoms with E-state index in [0.29, 0.717) is 18.4 Å². The van der Waals surface area contributed by atoms with Crippen LogP contribution < -0.4 is 5.32 Å². The highest BCUT2D eigenvalue weighted by Gasteiger charge is 2.37. The molecule has 116 valence electrons. The molecule has 0 bridgehead atoms. The third kappa shape index (κ3) is 3.97. The predicted molar refractivity (Wildman–Crippen MR) is 86.1 cm³/mol. The molecule has 0 saturated heterocycles. The molecular weight excluding hydrogens is 274 g/mol. The van der Waals surface area contributed by atoms with E-state index in [4.69, 9.17) is 0 Å². The summed E-state index contributed by atoms with van der Waals surface area (Å²) in [5.74, 6) is 0.141. The summed E-state index contributed by atoms with van der Waals surface area (Å²) in [4.78, 5) is 16.4. The topological polar surface area (TPSA) is 46.9 Å². The Morgan fingerprint density at radius 3 is 2.77 bits per heavy atom. The van der Waals surface area contributed by atoms with Gasteiger partial charge in [0.1, 0.15) is 0 Å². The van der Waals surface area contributed by atoms with E-state index < -0.39 is 0 Å². The summed E-state index contributed by atoms with van der Waals surface area (Å²) >= 11 is 0. The van der Waals surface area contributed by atoms with Crippen LogP contribution in [-0.4, -0.2) is 15.5 Å². The number of hydrogen-bond donors (Lipinski definition) is 1. The first-order chi connectivity index (χ1) is 10.6. The molecule has 0 aliphatic heterocycles. The van der Waals surface area contributed by atoms with Crippen molar-refractivity contribution in [3.8, 4) is 0 Å². The first kappa shape index (κ1) is 14.8. The minimum atomic E-state index is -0.0186. The summed E-state index contributed by atoms with van der Waals surface area (Å²) in [7, 11) is 0. The molecule has 3 rings (SSSR count). The van der Waals surface area contributed by atoms with Gasteiger partial charge in [-0.3, -0.25) is 4.79 Å². The minimum absolute atomic E-state index is 0.0186. The maximum atomic E-state index is 12.3. The van der Waals surface area contributed by atoms with Crippen LogP contribution in [0.15, 0.2) is 49.1 Å². The summed E-state index contributed by atoms with van der Waals surface area (Å²) in [5, 5.41) is 3.18. The summed E-state index contributed by atoms with van der Waals surface area (Å²) < 4.78 is 2.00. The second-order valence-electron chi connectivity index (χ2n) is 6.60. The SMILES string of the molecule is CC1(CCC(=O)N[C@H](Cn2ccnc2)c2ccccc2)CC1. The fourth-order valence-corrected chi connectivity index (χ4v) is 2.67. The van der Waals surface area contributed by atoms with Crippen molar-refractivity contribution in [1.29, 1.82) is 0 Å². The van der Waals surface area contributed by atoms with Crippen LogP contribution in [0, 0.1) is 5.41 Å². The summed E-state index contributed by atoms with van der Waals surface area (Å²) in [6.07, 6.45) is 9.60. The fourth-order valence-electron chi connectivity index (χ4n) is 2.67. The number of amides is 1. The molecule has 0 radical (unpaired) electrons. The van der Waals surface area contributed by atoms with E-state index >= 15 is 0 Å². The molecule has 1 aromatic carbocycles. The molecule has 1 heterocycles. The Balaban J connectivity index is 1.64. The molecule has 1 atom stereocenters. The largest absolute Gasteiger partial charge is 0.347 e. The van der Waals surface area contributed by atoms with E-state index in [9.17, 15) is 4.79 Å². The van der Waals surface area contributed by atoms with Crippen LogP contribution >= 0.6 is 0 Å². The minimum Gasteiger partial charge on any atom is -0.347 e. The smallest absolute Gasteiger partial charge is 0.220 e. The van der Waals surface area contributed by atoms with Crippen LogP contribution in [0.25, 0.3) is 0 Å². The van der Waals surface area contributed by atoms with Crippen molar-refractivity contribution in [2.75, 3.05) is 0 Å². The Bertz CT molecular complexity index is 603. The lowest BCUT2D eigenvalue weighted by Gasteiger charge is -2.20. The van der Waals surface area contributed by atoms with E-state index in [2.05, 4.69) is 29.4 Å². The van der Waals surface area contributed by atoms with Crippen LogP contribution in [0.3, 0.4) is 0 Å². The number of carbonyl (C=O) groups excluding carboxylic acids is 1. The number of carbonyl (C=O) groups is 1. The second kappa shape index (κ2) is 6.34. The lowest BCUT2D eigenvalue weighted by Crippen LogP contribution is -2.31. The Hall–Kier alpha value is -2.10. The molecule has 1 amide bonds. The van der Waals surface area contributed by atoms with Crippen LogP contribution in [0.2, 0.25) is 0 Å². The predicted octanol–water partition coefficient (Wildman–Crippen LogP) is 3.32. The van der Waals surface area contributed by atoms with E-state index in [1.807, 2.05) is 29.0 Å². The van der Waals surface area contributed by atoms with Crippen molar-refractivity contribution >= 4 is 5.91 Å². The van der Waals surface area contributed by atoms with Crippen LogP contribution in [0.5, 0.6) is 0 Å². The monoisotopic (exact) mass is 297 g/mol. The molecule has 1 aromatic heterocycles. The molecule has 4 heteroatoms. The average molecular weight is 297 g/mol. The van der Waals surface area contributed by atoms with E-state index in [1.54, 1.807) is 12.5 Å². The van der Waals surface area contributed by atoms with Crippen molar-refractivity contribution in [2.45, 2.75) is 45.2 Å². The van der Waals surface area contributed by atoms with Gasteiger partial charge in [0.25, 0.3) is 0 Å². The molecule has 1 aliphatic rings. The third-order valence-corrected chi connectivity index (χ3v) is 4.55. The fraction of sp³-hybridized carbons (Fsp3) is 0.444. The molecule has 22 heavy (non-hydrogen) atoms. The van der Waals surface area contributed by atoms with Gasteiger partial charge in [-0.2, -0.15) is 0 Å². The van der Waals surface area contributed by atoms with Crippen LogP contribution in [0.4, 0.5) is 0 Å². The van der Waals surface area contributed by atoms with Gasteiger partial charge >= 0.3 is 0 Å². The van der Waals surface area contributed by atoms with Crippen molar-refractivity contribution in [3.63, 3.8) is 0 Å². The van der Waals surface area contributed by atoms with Crippen LogP contribution in [0.1, 0.15) is 44.2 Å². The number of hydrogen-bond acceptors (Lipinski definition) is 2.